The molecule has 0 saturated heterocycles. The van der Waals surface area contributed by atoms with Gasteiger partial charge in [0.25, 0.3) is 0 Å². The van der Waals surface area contributed by atoms with E-state index in [-0.39, 0.29) is 0 Å². The third-order valence-corrected chi connectivity index (χ3v) is 8.79. The van der Waals surface area contributed by atoms with Crippen LogP contribution in [0.1, 0.15) is 18.2 Å². The van der Waals surface area contributed by atoms with Crippen molar-refractivity contribution in [1.82, 2.24) is 4.98 Å². The van der Waals surface area contributed by atoms with Crippen LogP contribution >= 0.6 is 29.4 Å². The summed E-state index contributed by atoms with van der Waals surface area (Å²) in [6.07, 6.45) is 1.66. The first kappa shape index (κ1) is 22.7. The zero-order chi connectivity index (χ0) is 20.4. The topological polar surface area (TPSA) is 60.7 Å². The standard InChI is InChI=1S/C14H12ClN3O.C6H5.2ClH.Sn/c1-10(13-4-2-3-9-16-13)17-18-14(19)11-5-7-12(15)8-6-11;1-2-4-6-5-3-1;;;/h2-9H,1H3,(H,18,19);1-5H;2*1H;/q;;;;+3/p-3/b17-10+;;;;. The summed E-state index contributed by atoms with van der Waals surface area (Å²) in [6, 6.07) is 21.8. The molecule has 0 spiro atoms. The van der Waals surface area contributed by atoms with E-state index in [0.717, 1.165) is 3.58 Å². The quantitative estimate of drug-likeness (QED) is 0.217. The molecule has 0 aliphatic carbocycles. The second kappa shape index (κ2) is 12.1. The van der Waals surface area contributed by atoms with E-state index in [1.807, 2.05) is 42.5 Å². The van der Waals surface area contributed by atoms with E-state index in [9.17, 15) is 5.11 Å². The van der Waals surface area contributed by atoms with Gasteiger partial charge in [0.05, 0.1) is 11.4 Å². The number of halogens is 3. The number of pyridine rings is 1. The molecule has 0 bridgehead atoms. The van der Waals surface area contributed by atoms with Crippen LogP contribution in [0.2, 0.25) is 5.02 Å². The first-order valence-corrected chi connectivity index (χ1v) is 17.2. The summed E-state index contributed by atoms with van der Waals surface area (Å²) in [4.78, 5) is 4.12. The van der Waals surface area contributed by atoms with E-state index in [1.54, 1.807) is 43.5 Å². The molecule has 0 unspecified atom stereocenters. The second-order valence-corrected chi connectivity index (χ2v) is 15.4. The molecular formula is C20H16Cl3N3OSn. The number of benzene rings is 2. The summed E-state index contributed by atoms with van der Waals surface area (Å²) in [5.74, 6) is -0.410. The molecule has 0 aliphatic heterocycles. The SMILES string of the molecule is C/C(=N\N=C(\[O-])c1ccc(Cl)cc1)c1ccccn1.[Cl][Sn+]([Cl])[c]1ccccc1. The number of rotatable bonds is 4. The average Bonchev–Trinajstić information content (AvgIpc) is 2.74. The molecule has 0 fully saturated rings. The minimum absolute atomic E-state index is 0.410. The van der Waals surface area contributed by atoms with Crippen LogP contribution in [0.15, 0.2) is 89.2 Å². The monoisotopic (exact) mass is 539 g/mol. The molecule has 3 aromatic rings. The number of nitrogens with zero attached hydrogens (tertiary/aromatic N) is 3. The van der Waals surface area contributed by atoms with Gasteiger partial charge in [-0.05, 0) is 36.8 Å². The van der Waals surface area contributed by atoms with Crippen molar-refractivity contribution >= 4 is 62.1 Å². The summed E-state index contributed by atoms with van der Waals surface area (Å²) in [5.41, 5.74) is 1.72. The molecule has 0 amide bonds. The van der Waals surface area contributed by atoms with Gasteiger partial charge in [-0.1, -0.05) is 29.8 Å². The Kier molecular flexibility index (Phi) is 9.78. The Hall–Kier alpha value is -1.60. The second-order valence-electron chi connectivity index (χ2n) is 5.44. The molecule has 0 aliphatic rings. The molecule has 0 saturated carbocycles. The van der Waals surface area contributed by atoms with Gasteiger partial charge in [-0.2, -0.15) is 10.2 Å². The zero-order valence-corrected chi connectivity index (χ0v) is 20.0. The van der Waals surface area contributed by atoms with Gasteiger partial charge in [-0.15, -0.1) is 0 Å². The fourth-order valence-electron chi connectivity index (χ4n) is 1.96. The minimum atomic E-state index is -2.08. The molecular weight excluding hydrogens is 523 g/mol. The molecule has 0 atom stereocenters. The molecule has 2 aromatic carbocycles. The van der Waals surface area contributed by atoms with Crippen molar-refractivity contribution in [1.29, 1.82) is 0 Å². The van der Waals surface area contributed by atoms with Crippen LogP contribution in [0.3, 0.4) is 0 Å². The number of aromatic nitrogens is 1. The summed E-state index contributed by atoms with van der Waals surface area (Å²) in [5, 5.41) is 19.9. The Labute approximate surface area is 183 Å². The Morgan fingerprint density at radius 1 is 0.893 bits per heavy atom. The van der Waals surface area contributed by atoms with Crippen LogP contribution in [-0.2, 0) is 0 Å². The summed E-state index contributed by atoms with van der Waals surface area (Å²) >= 11 is 3.67. The molecule has 0 N–H and O–H groups in total. The van der Waals surface area contributed by atoms with E-state index in [0.29, 0.717) is 22.0 Å². The van der Waals surface area contributed by atoms with Crippen LogP contribution in [0.25, 0.3) is 0 Å². The van der Waals surface area contributed by atoms with Crippen molar-refractivity contribution in [2.75, 3.05) is 0 Å². The van der Waals surface area contributed by atoms with E-state index in [2.05, 4.69) is 15.2 Å². The molecule has 1 heterocycles. The van der Waals surface area contributed by atoms with Crippen LogP contribution in [-0.4, -0.2) is 34.1 Å². The van der Waals surface area contributed by atoms with Crippen molar-refractivity contribution in [3.63, 3.8) is 0 Å². The molecule has 1 aromatic heterocycles. The van der Waals surface area contributed by atoms with E-state index in [4.69, 9.17) is 29.4 Å². The van der Waals surface area contributed by atoms with Crippen molar-refractivity contribution in [3.8, 4) is 0 Å². The molecule has 0 radical (unpaired) electrons. The molecule has 3 rings (SSSR count). The fourth-order valence-corrected chi connectivity index (χ4v) is 5.05. The molecule has 142 valence electrons. The summed E-state index contributed by atoms with van der Waals surface area (Å²) < 4.78 is 1.14. The maximum absolute atomic E-state index is 11.8. The first-order valence-electron chi connectivity index (χ1n) is 8.17. The molecule has 4 nitrogen and oxygen atoms in total. The predicted octanol–water partition coefficient (Wildman–Crippen LogP) is 4.13. The van der Waals surface area contributed by atoms with Crippen LogP contribution in [0, 0.1) is 0 Å². The number of hydrogen-bond donors (Lipinski definition) is 0. The van der Waals surface area contributed by atoms with Gasteiger partial charge in [-0.25, -0.2) is 0 Å². The predicted molar refractivity (Wildman–Crippen MR) is 118 cm³/mol. The summed E-state index contributed by atoms with van der Waals surface area (Å²) in [7, 11) is 11.5. The normalized spacial score (nSPS) is 11.4. The van der Waals surface area contributed by atoms with E-state index < -0.39 is 23.4 Å². The van der Waals surface area contributed by atoms with Gasteiger partial charge in [0, 0.05) is 17.1 Å². The molecule has 8 heteroatoms. The number of hydrogen-bond acceptors (Lipinski definition) is 4. The van der Waals surface area contributed by atoms with Crippen LogP contribution in [0.4, 0.5) is 0 Å². The fraction of sp³-hybridized carbons (Fsp3) is 0.0500. The van der Waals surface area contributed by atoms with Gasteiger partial charge >= 0.3 is 69.3 Å². The third kappa shape index (κ3) is 7.79. The van der Waals surface area contributed by atoms with Gasteiger partial charge in [0.2, 0.25) is 0 Å². The first-order chi connectivity index (χ1) is 13.5. The Morgan fingerprint density at radius 3 is 2.07 bits per heavy atom. The zero-order valence-electron chi connectivity index (χ0n) is 14.9. The maximum atomic E-state index is 11.8. The summed E-state index contributed by atoms with van der Waals surface area (Å²) in [6.45, 7) is 1.75. The van der Waals surface area contributed by atoms with Gasteiger partial charge < -0.3 is 5.11 Å². The van der Waals surface area contributed by atoms with Gasteiger partial charge in [0.1, 0.15) is 0 Å². The average molecular weight is 539 g/mol. The van der Waals surface area contributed by atoms with Crippen molar-refractivity contribution < 1.29 is 5.11 Å². The Morgan fingerprint density at radius 2 is 1.54 bits per heavy atom. The van der Waals surface area contributed by atoms with E-state index >= 15 is 0 Å². The Bertz CT molecular complexity index is 918. The van der Waals surface area contributed by atoms with Crippen LogP contribution in [0.5, 0.6) is 0 Å². The molecule has 28 heavy (non-hydrogen) atoms. The van der Waals surface area contributed by atoms with Crippen LogP contribution < -0.4 is 8.69 Å². The van der Waals surface area contributed by atoms with Gasteiger partial charge in [-0.3, -0.25) is 4.98 Å². The van der Waals surface area contributed by atoms with Crippen molar-refractivity contribution in [2.24, 2.45) is 10.2 Å². The Balaban J connectivity index is 0.000000261. The third-order valence-electron chi connectivity index (χ3n) is 3.41. The van der Waals surface area contributed by atoms with Crippen molar-refractivity contribution in [2.45, 2.75) is 6.92 Å². The van der Waals surface area contributed by atoms with Gasteiger partial charge in [0.15, 0.2) is 0 Å². The van der Waals surface area contributed by atoms with E-state index in [1.165, 1.54) is 0 Å². The van der Waals surface area contributed by atoms with Crippen molar-refractivity contribution in [3.05, 3.63) is 95.3 Å².